The summed E-state index contributed by atoms with van der Waals surface area (Å²) in [5.74, 6) is -0.296. The number of ether oxygens (including phenoxy) is 1. The molecular formula is C18H18BrNO2. The Morgan fingerprint density at radius 1 is 1.18 bits per heavy atom. The van der Waals surface area contributed by atoms with Gasteiger partial charge in [0.2, 0.25) is 0 Å². The Morgan fingerprint density at radius 2 is 1.86 bits per heavy atom. The molecule has 22 heavy (non-hydrogen) atoms. The summed E-state index contributed by atoms with van der Waals surface area (Å²) >= 11 is 3.39. The number of hydrogen-bond donors (Lipinski definition) is 1. The lowest BCUT2D eigenvalue weighted by Gasteiger charge is -2.16. The molecule has 0 spiro atoms. The molecule has 114 valence electrons. The minimum atomic E-state index is -0.474. The number of nitrogens with one attached hydrogen (secondary N) is 1. The second-order valence-corrected chi connectivity index (χ2v) is 5.64. The highest BCUT2D eigenvalue weighted by molar-refractivity contribution is 9.10. The van der Waals surface area contributed by atoms with Crippen molar-refractivity contribution >= 4 is 28.0 Å². The van der Waals surface area contributed by atoms with Crippen molar-refractivity contribution in [1.29, 1.82) is 0 Å². The molecule has 0 aliphatic carbocycles. The molecule has 0 saturated carbocycles. The number of hydrogen-bond acceptors (Lipinski definition) is 3. The number of methoxy groups -OCH3 is 1. The first-order valence-corrected chi connectivity index (χ1v) is 7.78. The van der Waals surface area contributed by atoms with Crippen molar-refractivity contribution in [2.75, 3.05) is 13.7 Å². The van der Waals surface area contributed by atoms with Crippen molar-refractivity contribution in [3.63, 3.8) is 0 Å². The largest absolute Gasteiger partial charge is 0.468 e. The van der Waals surface area contributed by atoms with Crippen molar-refractivity contribution in [2.45, 2.75) is 6.04 Å². The summed E-state index contributed by atoms with van der Waals surface area (Å²) in [7, 11) is 1.40. The first-order valence-electron chi connectivity index (χ1n) is 6.99. The predicted octanol–water partition coefficient (Wildman–Crippen LogP) is 3.97. The molecular weight excluding hydrogens is 342 g/mol. The Balaban J connectivity index is 2.00. The van der Waals surface area contributed by atoms with Gasteiger partial charge in [0.25, 0.3) is 0 Å². The van der Waals surface area contributed by atoms with Crippen LogP contribution in [0, 0.1) is 0 Å². The molecule has 0 bridgehead atoms. The van der Waals surface area contributed by atoms with E-state index < -0.39 is 6.04 Å². The van der Waals surface area contributed by atoms with Crippen LogP contribution < -0.4 is 5.32 Å². The molecule has 3 nitrogen and oxygen atoms in total. The van der Waals surface area contributed by atoms with Crippen LogP contribution in [0.1, 0.15) is 17.2 Å². The minimum Gasteiger partial charge on any atom is -0.468 e. The third kappa shape index (κ3) is 4.83. The van der Waals surface area contributed by atoms with Crippen LogP contribution in [0.2, 0.25) is 0 Å². The summed E-state index contributed by atoms with van der Waals surface area (Å²) in [6.07, 6.45) is 4.01. The SMILES string of the molecule is COC(=O)[C@H](NC/C=C/c1ccccc1)c1ccc(Br)cc1. The monoisotopic (exact) mass is 359 g/mol. The van der Waals surface area contributed by atoms with Crippen molar-refractivity contribution < 1.29 is 9.53 Å². The van der Waals surface area contributed by atoms with Gasteiger partial charge in [-0.3, -0.25) is 5.32 Å². The smallest absolute Gasteiger partial charge is 0.327 e. The van der Waals surface area contributed by atoms with Crippen LogP contribution in [0.15, 0.2) is 65.1 Å². The topological polar surface area (TPSA) is 38.3 Å². The van der Waals surface area contributed by atoms with Crippen LogP contribution in [0.25, 0.3) is 6.08 Å². The van der Waals surface area contributed by atoms with E-state index in [4.69, 9.17) is 4.74 Å². The number of benzene rings is 2. The Labute approximate surface area is 139 Å². The highest BCUT2D eigenvalue weighted by Crippen LogP contribution is 2.18. The lowest BCUT2D eigenvalue weighted by molar-refractivity contribution is -0.143. The Bertz CT molecular complexity index is 623. The van der Waals surface area contributed by atoms with Gasteiger partial charge in [0, 0.05) is 11.0 Å². The summed E-state index contributed by atoms with van der Waals surface area (Å²) in [4.78, 5) is 11.9. The summed E-state index contributed by atoms with van der Waals surface area (Å²) in [6, 6.07) is 17.2. The van der Waals surface area contributed by atoms with Crippen LogP contribution in [0.5, 0.6) is 0 Å². The average molecular weight is 360 g/mol. The van der Waals surface area contributed by atoms with E-state index in [0.29, 0.717) is 6.54 Å². The maximum Gasteiger partial charge on any atom is 0.327 e. The minimum absolute atomic E-state index is 0.296. The highest BCUT2D eigenvalue weighted by atomic mass is 79.9. The molecule has 0 amide bonds. The highest BCUT2D eigenvalue weighted by Gasteiger charge is 2.19. The Hall–Kier alpha value is -1.91. The van der Waals surface area contributed by atoms with E-state index in [9.17, 15) is 4.79 Å². The second-order valence-electron chi connectivity index (χ2n) is 4.73. The molecule has 1 atom stereocenters. The number of esters is 1. The normalized spacial score (nSPS) is 12.3. The second kappa shape index (κ2) is 8.51. The molecule has 2 rings (SSSR count). The number of rotatable bonds is 6. The zero-order valence-corrected chi connectivity index (χ0v) is 13.9. The van der Waals surface area contributed by atoms with Crippen molar-refractivity contribution in [1.82, 2.24) is 5.32 Å². The van der Waals surface area contributed by atoms with Gasteiger partial charge in [0.05, 0.1) is 7.11 Å². The van der Waals surface area contributed by atoms with Crippen molar-refractivity contribution in [3.8, 4) is 0 Å². The van der Waals surface area contributed by atoms with Gasteiger partial charge < -0.3 is 4.74 Å². The summed E-state index contributed by atoms with van der Waals surface area (Å²) in [5, 5.41) is 3.20. The van der Waals surface area contributed by atoms with Crippen LogP contribution in [0.4, 0.5) is 0 Å². The maximum absolute atomic E-state index is 11.9. The van der Waals surface area contributed by atoms with E-state index in [1.165, 1.54) is 7.11 Å². The standard InChI is InChI=1S/C18H18BrNO2/c1-22-18(21)17(15-9-11-16(19)12-10-15)20-13-5-8-14-6-3-2-4-7-14/h2-12,17,20H,13H2,1H3/b8-5+/t17-/m1/s1. The third-order valence-electron chi connectivity index (χ3n) is 3.19. The first kappa shape index (κ1) is 16.5. The van der Waals surface area contributed by atoms with Gasteiger partial charge in [-0.2, -0.15) is 0 Å². The van der Waals surface area contributed by atoms with Gasteiger partial charge in [0.1, 0.15) is 6.04 Å². The summed E-state index contributed by atoms with van der Waals surface area (Å²) in [5.41, 5.74) is 2.01. The van der Waals surface area contributed by atoms with E-state index in [-0.39, 0.29) is 5.97 Å². The van der Waals surface area contributed by atoms with Gasteiger partial charge in [-0.05, 0) is 23.3 Å². The first-order chi connectivity index (χ1) is 10.7. The fourth-order valence-corrected chi connectivity index (χ4v) is 2.32. The molecule has 0 radical (unpaired) electrons. The van der Waals surface area contributed by atoms with E-state index in [0.717, 1.165) is 15.6 Å². The molecule has 4 heteroatoms. The Morgan fingerprint density at radius 3 is 2.50 bits per heavy atom. The van der Waals surface area contributed by atoms with Gasteiger partial charge in [-0.15, -0.1) is 0 Å². The van der Waals surface area contributed by atoms with Gasteiger partial charge in [-0.25, -0.2) is 4.79 Å². The molecule has 0 aliphatic heterocycles. The zero-order chi connectivity index (χ0) is 15.8. The summed E-state index contributed by atoms with van der Waals surface area (Å²) in [6.45, 7) is 0.574. The molecule has 0 fully saturated rings. The third-order valence-corrected chi connectivity index (χ3v) is 3.72. The molecule has 0 saturated heterocycles. The number of carbonyl (C=O) groups is 1. The molecule has 0 heterocycles. The van der Waals surface area contributed by atoms with Crippen LogP contribution in [-0.2, 0) is 9.53 Å². The number of halogens is 1. The van der Waals surface area contributed by atoms with Gasteiger partial charge in [-0.1, -0.05) is 70.5 Å². The lowest BCUT2D eigenvalue weighted by atomic mass is 10.1. The molecule has 0 aliphatic rings. The van der Waals surface area contributed by atoms with E-state index in [2.05, 4.69) is 21.2 Å². The van der Waals surface area contributed by atoms with Crippen molar-refractivity contribution in [2.24, 2.45) is 0 Å². The van der Waals surface area contributed by atoms with Gasteiger partial charge in [0.15, 0.2) is 0 Å². The van der Waals surface area contributed by atoms with E-state index in [1.54, 1.807) is 0 Å². The predicted molar refractivity (Wildman–Crippen MR) is 92.4 cm³/mol. The lowest BCUT2D eigenvalue weighted by Crippen LogP contribution is -2.29. The summed E-state index contributed by atoms with van der Waals surface area (Å²) < 4.78 is 5.85. The quantitative estimate of drug-likeness (QED) is 0.793. The van der Waals surface area contributed by atoms with E-state index in [1.807, 2.05) is 66.7 Å². The fraction of sp³-hybridized carbons (Fsp3) is 0.167. The van der Waals surface area contributed by atoms with E-state index >= 15 is 0 Å². The number of carbonyl (C=O) groups excluding carboxylic acids is 1. The molecule has 0 unspecified atom stereocenters. The molecule has 2 aromatic carbocycles. The molecule has 0 aromatic heterocycles. The zero-order valence-electron chi connectivity index (χ0n) is 12.3. The fourth-order valence-electron chi connectivity index (χ4n) is 2.06. The molecule has 1 N–H and O–H groups in total. The van der Waals surface area contributed by atoms with Crippen LogP contribution in [-0.4, -0.2) is 19.6 Å². The Kier molecular flexibility index (Phi) is 6.37. The van der Waals surface area contributed by atoms with Crippen LogP contribution >= 0.6 is 15.9 Å². The average Bonchev–Trinajstić information content (AvgIpc) is 2.56. The van der Waals surface area contributed by atoms with Crippen LogP contribution in [0.3, 0.4) is 0 Å². The van der Waals surface area contributed by atoms with Gasteiger partial charge >= 0.3 is 5.97 Å². The van der Waals surface area contributed by atoms with Crippen molar-refractivity contribution in [3.05, 3.63) is 76.3 Å². The molecule has 2 aromatic rings. The maximum atomic E-state index is 11.9.